The van der Waals surface area contributed by atoms with E-state index in [0.717, 1.165) is 25.0 Å². The highest BCUT2D eigenvalue weighted by Gasteiger charge is 2.24. The molecular formula is C18H26BrNO3. The molecule has 1 fully saturated rings. The van der Waals surface area contributed by atoms with E-state index in [1.807, 2.05) is 25.1 Å². The Labute approximate surface area is 147 Å². The van der Waals surface area contributed by atoms with Crippen molar-refractivity contribution in [1.29, 1.82) is 0 Å². The van der Waals surface area contributed by atoms with Crippen molar-refractivity contribution < 1.29 is 14.3 Å². The van der Waals surface area contributed by atoms with Gasteiger partial charge in [0.2, 0.25) is 0 Å². The lowest BCUT2D eigenvalue weighted by atomic mass is 10.0. The molecule has 0 aromatic heterocycles. The zero-order valence-electron chi connectivity index (χ0n) is 14.1. The predicted octanol–water partition coefficient (Wildman–Crippen LogP) is 4.16. The number of rotatable bonds is 7. The van der Waals surface area contributed by atoms with Crippen molar-refractivity contribution >= 4 is 27.5 Å². The van der Waals surface area contributed by atoms with Gasteiger partial charge in [0.1, 0.15) is 11.9 Å². The SMILES string of the molecule is CCOc1cc(CC(Br)C(C)C)ccc1NC(=O)C1CCCO1. The van der Waals surface area contributed by atoms with Crippen molar-refractivity contribution in [2.45, 2.75) is 51.0 Å². The summed E-state index contributed by atoms with van der Waals surface area (Å²) in [7, 11) is 0. The summed E-state index contributed by atoms with van der Waals surface area (Å²) < 4.78 is 11.1. The number of alkyl halides is 1. The van der Waals surface area contributed by atoms with Gasteiger partial charge < -0.3 is 14.8 Å². The summed E-state index contributed by atoms with van der Waals surface area (Å²) in [5.41, 5.74) is 1.91. The van der Waals surface area contributed by atoms with E-state index in [2.05, 4.69) is 35.1 Å². The van der Waals surface area contributed by atoms with Gasteiger partial charge in [-0.25, -0.2) is 0 Å². The van der Waals surface area contributed by atoms with Crippen LogP contribution in [0.15, 0.2) is 18.2 Å². The molecule has 2 atom stereocenters. The summed E-state index contributed by atoms with van der Waals surface area (Å²) in [6.45, 7) is 7.56. The molecule has 2 unspecified atom stereocenters. The second-order valence-corrected chi connectivity index (χ2v) is 7.39. The molecule has 1 aliphatic rings. The number of halogens is 1. The summed E-state index contributed by atoms with van der Waals surface area (Å²) >= 11 is 3.72. The van der Waals surface area contributed by atoms with Crippen LogP contribution in [0.25, 0.3) is 0 Å². The molecular weight excluding hydrogens is 358 g/mol. The molecule has 0 radical (unpaired) electrons. The summed E-state index contributed by atoms with van der Waals surface area (Å²) in [5.74, 6) is 1.20. The number of ether oxygens (including phenoxy) is 2. The van der Waals surface area contributed by atoms with E-state index >= 15 is 0 Å². The monoisotopic (exact) mass is 383 g/mol. The molecule has 128 valence electrons. The third kappa shape index (κ3) is 5.21. The minimum atomic E-state index is -0.336. The van der Waals surface area contributed by atoms with Crippen LogP contribution >= 0.6 is 15.9 Å². The van der Waals surface area contributed by atoms with Gasteiger partial charge in [0.15, 0.2) is 0 Å². The molecule has 1 aromatic carbocycles. The highest BCUT2D eigenvalue weighted by molar-refractivity contribution is 9.09. The fourth-order valence-electron chi connectivity index (χ4n) is 2.53. The number of anilines is 1. The fourth-order valence-corrected chi connectivity index (χ4v) is 2.90. The molecule has 4 nitrogen and oxygen atoms in total. The lowest BCUT2D eigenvalue weighted by Crippen LogP contribution is -2.27. The molecule has 1 saturated heterocycles. The molecule has 23 heavy (non-hydrogen) atoms. The maximum Gasteiger partial charge on any atom is 0.253 e. The highest BCUT2D eigenvalue weighted by atomic mass is 79.9. The quantitative estimate of drug-likeness (QED) is 0.718. The van der Waals surface area contributed by atoms with Crippen LogP contribution < -0.4 is 10.1 Å². The Morgan fingerprint density at radius 2 is 2.26 bits per heavy atom. The molecule has 0 aliphatic carbocycles. The van der Waals surface area contributed by atoms with Crippen LogP contribution in [0.3, 0.4) is 0 Å². The van der Waals surface area contributed by atoms with Crippen molar-refractivity contribution in [3.63, 3.8) is 0 Å². The van der Waals surface area contributed by atoms with Crippen molar-refractivity contribution in [3.05, 3.63) is 23.8 Å². The lowest BCUT2D eigenvalue weighted by molar-refractivity contribution is -0.124. The first-order valence-electron chi connectivity index (χ1n) is 8.33. The number of benzene rings is 1. The van der Waals surface area contributed by atoms with Crippen LogP contribution in [-0.4, -0.2) is 30.1 Å². The van der Waals surface area contributed by atoms with Gasteiger partial charge in [-0.15, -0.1) is 0 Å². The Kier molecular flexibility index (Phi) is 6.90. The maximum absolute atomic E-state index is 12.2. The highest BCUT2D eigenvalue weighted by Crippen LogP contribution is 2.29. The van der Waals surface area contributed by atoms with Crippen LogP contribution in [-0.2, 0) is 16.0 Å². The van der Waals surface area contributed by atoms with Crippen molar-refractivity contribution in [3.8, 4) is 5.75 Å². The van der Waals surface area contributed by atoms with Gasteiger partial charge in [0.05, 0.1) is 12.3 Å². The molecule has 1 amide bonds. The van der Waals surface area contributed by atoms with E-state index in [9.17, 15) is 4.79 Å². The number of carbonyl (C=O) groups is 1. The van der Waals surface area contributed by atoms with Gasteiger partial charge in [-0.1, -0.05) is 35.8 Å². The largest absolute Gasteiger partial charge is 0.492 e. The first-order valence-corrected chi connectivity index (χ1v) is 9.25. The van der Waals surface area contributed by atoms with E-state index in [1.165, 1.54) is 5.56 Å². The Bertz CT molecular complexity index is 527. The summed E-state index contributed by atoms with van der Waals surface area (Å²) in [5, 5.41) is 2.94. The van der Waals surface area contributed by atoms with Gasteiger partial charge in [-0.05, 0) is 49.8 Å². The Hall–Kier alpha value is -1.07. The predicted molar refractivity (Wildman–Crippen MR) is 96.5 cm³/mol. The van der Waals surface area contributed by atoms with E-state index in [0.29, 0.717) is 29.6 Å². The van der Waals surface area contributed by atoms with E-state index in [4.69, 9.17) is 9.47 Å². The summed E-state index contributed by atoms with van der Waals surface area (Å²) in [6, 6.07) is 5.99. The first kappa shape index (κ1) is 18.3. The van der Waals surface area contributed by atoms with E-state index in [-0.39, 0.29) is 12.0 Å². The second-order valence-electron chi connectivity index (χ2n) is 6.22. The number of carbonyl (C=O) groups excluding carboxylic acids is 1. The van der Waals surface area contributed by atoms with Crippen LogP contribution in [0.1, 0.15) is 39.2 Å². The molecule has 0 spiro atoms. The molecule has 0 bridgehead atoms. The topological polar surface area (TPSA) is 47.6 Å². The van der Waals surface area contributed by atoms with E-state index in [1.54, 1.807) is 0 Å². The average Bonchev–Trinajstić information content (AvgIpc) is 3.04. The van der Waals surface area contributed by atoms with Crippen LogP contribution in [0.5, 0.6) is 5.75 Å². The zero-order valence-corrected chi connectivity index (χ0v) is 15.7. The number of hydrogen-bond donors (Lipinski definition) is 1. The maximum atomic E-state index is 12.2. The standard InChI is InChI=1S/C18H26BrNO3/c1-4-22-17-11-13(10-14(19)12(2)3)7-8-15(17)20-18(21)16-6-5-9-23-16/h7-8,11-12,14,16H,4-6,9-10H2,1-3H3,(H,20,21). The molecule has 5 heteroatoms. The molecule has 0 saturated carbocycles. The minimum absolute atomic E-state index is 0.0863. The van der Waals surface area contributed by atoms with Crippen molar-refractivity contribution in [2.24, 2.45) is 5.92 Å². The summed E-state index contributed by atoms with van der Waals surface area (Å²) in [6.07, 6.45) is 2.32. The molecule has 1 N–H and O–H groups in total. The van der Waals surface area contributed by atoms with Crippen molar-refractivity contribution in [2.75, 3.05) is 18.5 Å². The summed E-state index contributed by atoms with van der Waals surface area (Å²) in [4.78, 5) is 12.6. The smallest absolute Gasteiger partial charge is 0.253 e. The number of hydrogen-bond acceptors (Lipinski definition) is 3. The van der Waals surface area contributed by atoms with Crippen LogP contribution in [0.4, 0.5) is 5.69 Å². The first-order chi connectivity index (χ1) is 11.0. The zero-order chi connectivity index (χ0) is 16.8. The Balaban J connectivity index is 2.10. The molecule has 2 rings (SSSR count). The van der Waals surface area contributed by atoms with Gasteiger partial charge in [0, 0.05) is 11.4 Å². The van der Waals surface area contributed by atoms with Gasteiger partial charge in [-0.3, -0.25) is 4.79 Å². The normalized spacial score (nSPS) is 18.9. The van der Waals surface area contributed by atoms with Gasteiger partial charge in [0.25, 0.3) is 5.91 Å². The average molecular weight is 384 g/mol. The molecule has 1 aromatic rings. The van der Waals surface area contributed by atoms with Crippen LogP contribution in [0, 0.1) is 5.92 Å². The van der Waals surface area contributed by atoms with Gasteiger partial charge >= 0.3 is 0 Å². The minimum Gasteiger partial charge on any atom is -0.492 e. The molecule has 1 aliphatic heterocycles. The number of nitrogens with one attached hydrogen (secondary N) is 1. The Morgan fingerprint density at radius 3 is 2.87 bits per heavy atom. The second kappa shape index (κ2) is 8.69. The third-order valence-electron chi connectivity index (χ3n) is 3.98. The fraction of sp³-hybridized carbons (Fsp3) is 0.611. The van der Waals surface area contributed by atoms with Crippen LogP contribution in [0.2, 0.25) is 0 Å². The van der Waals surface area contributed by atoms with Crippen molar-refractivity contribution in [1.82, 2.24) is 0 Å². The molecule has 1 heterocycles. The van der Waals surface area contributed by atoms with Gasteiger partial charge in [-0.2, -0.15) is 0 Å². The Morgan fingerprint density at radius 1 is 1.48 bits per heavy atom. The lowest BCUT2D eigenvalue weighted by Gasteiger charge is -2.17. The number of amides is 1. The third-order valence-corrected chi connectivity index (χ3v) is 5.36. The van der Waals surface area contributed by atoms with E-state index < -0.39 is 0 Å².